The fourth-order valence-electron chi connectivity index (χ4n) is 2.25. The molecule has 10 heteroatoms. The molecule has 1 atom stereocenters. The van der Waals surface area contributed by atoms with E-state index < -0.39 is 53.4 Å². The molecule has 2 rings (SSSR count). The maximum Gasteiger partial charge on any atom is 0.287 e. The number of nitrogens with one attached hydrogen (secondary N) is 3. The number of rotatable bonds is 7. The number of amides is 3. The average molecular weight is 397 g/mol. The number of furan rings is 1. The summed E-state index contributed by atoms with van der Waals surface area (Å²) in [6.07, 6.45) is 1.31. The molecule has 2 aromatic rings. The highest BCUT2D eigenvalue weighted by Gasteiger charge is 2.26. The average Bonchev–Trinajstić information content (AvgIpc) is 3.19. The normalized spacial score (nSPS) is 11.8. The fourth-order valence-corrected chi connectivity index (χ4v) is 2.25. The molecule has 0 aliphatic carbocycles. The van der Waals surface area contributed by atoms with Gasteiger partial charge in [0.25, 0.3) is 5.91 Å². The standard InChI is InChI=1S/C18H18F3N3O4/c1-9(2)16(24-17(26)12-4-3-7-28-12)18(27)22-8-13(25)23-11-6-5-10(19)14(20)15(11)21/h3-7,9,16H,8H2,1-2H3,(H,22,27)(H,23,25)(H,24,26). The molecular formula is C18H18F3N3O4. The van der Waals surface area contributed by atoms with E-state index in [-0.39, 0.29) is 11.7 Å². The second-order valence-electron chi connectivity index (χ2n) is 6.16. The third kappa shape index (κ3) is 5.12. The number of benzene rings is 1. The summed E-state index contributed by atoms with van der Waals surface area (Å²) in [6, 6.07) is 3.49. The predicted molar refractivity (Wildman–Crippen MR) is 92.8 cm³/mol. The number of hydrogen-bond donors (Lipinski definition) is 3. The molecule has 7 nitrogen and oxygen atoms in total. The van der Waals surface area contributed by atoms with Gasteiger partial charge >= 0.3 is 0 Å². The third-order valence-electron chi connectivity index (χ3n) is 3.71. The molecule has 0 saturated heterocycles. The first kappa shape index (κ1) is 21.0. The number of anilines is 1. The molecule has 0 radical (unpaired) electrons. The van der Waals surface area contributed by atoms with Crippen LogP contribution in [0.3, 0.4) is 0 Å². The maximum atomic E-state index is 13.6. The first-order valence-corrected chi connectivity index (χ1v) is 8.26. The quantitative estimate of drug-likeness (QED) is 0.624. The Morgan fingerprint density at radius 2 is 1.79 bits per heavy atom. The Balaban J connectivity index is 1.94. The summed E-state index contributed by atoms with van der Waals surface area (Å²) < 4.78 is 44.6. The Morgan fingerprint density at radius 3 is 2.39 bits per heavy atom. The Hall–Kier alpha value is -3.30. The zero-order valence-electron chi connectivity index (χ0n) is 15.0. The second-order valence-corrected chi connectivity index (χ2v) is 6.16. The summed E-state index contributed by atoms with van der Waals surface area (Å²) >= 11 is 0. The SMILES string of the molecule is CC(C)C(NC(=O)c1ccco1)C(=O)NCC(=O)Nc1ccc(F)c(F)c1F. The number of carbonyl (C=O) groups excluding carboxylic acids is 3. The van der Waals surface area contributed by atoms with Crippen molar-refractivity contribution in [1.82, 2.24) is 10.6 Å². The maximum absolute atomic E-state index is 13.6. The van der Waals surface area contributed by atoms with Crippen LogP contribution in [0.25, 0.3) is 0 Å². The highest BCUT2D eigenvalue weighted by atomic mass is 19.2. The molecule has 0 bridgehead atoms. The zero-order chi connectivity index (χ0) is 20.8. The molecule has 28 heavy (non-hydrogen) atoms. The molecule has 0 aliphatic heterocycles. The third-order valence-corrected chi connectivity index (χ3v) is 3.71. The Labute approximate surface area is 158 Å². The molecular weight excluding hydrogens is 379 g/mol. The largest absolute Gasteiger partial charge is 0.459 e. The van der Waals surface area contributed by atoms with Gasteiger partial charge in [-0.2, -0.15) is 0 Å². The van der Waals surface area contributed by atoms with Crippen LogP contribution in [0, 0.1) is 23.4 Å². The highest BCUT2D eigenvalue weighted by molar-refractivity contribution is 5.98. The Kier molecular flexibility index (Phi) is 6.80. The summed E-state index contributed by atoms with van der Waals surface area (Å²) in [5.41, 5.74) is -0.565. The van der Waals surface area contributed by atoms with Crippen LogP contribution in [0.1, 0.15) is 24.4 Å². The van der Waals surface area contributed by atoms with Gasteiger partial charge in [-0.1, -0.05) is 13.8 Å². The topological polar surface area (TPSA) is 100 Å². The van der Waals surface area contributed by atoms with Crippen molar-refractivity contribution in [3.8, 4) is 0 Å². The van der Waals surface area contributed by atoms with Crippen LogP contribution >= 0.6 is 0 Å². The molecule has 0 saturated carbocycles. The van der Waals surface area contributed by atoms with E-state index in [9.17, 15) is 27.6 Å². The minimum atomic E-state index is -1.72. The fraction of sp³-hybridized carbons (Fsp3) is 0.278. The van der Waals surface area contributed by atoms with Gasteiger partial charge in [-0.05, 0) is 30.2 Å². The molecule has 0 fully saturated rings. The number of hydrogen-bond acceptors (Lipinski definition) is 4. The van der Waals surface area contributed by atoms with Gasteiger partial charge < -0.3 is 20.4 Å². The van der Waals surface area contributed by atoms with E-state index in [1.165, 1.54) is 18.4 Å². The van der Waals surface area contributed by atoms with Crippen molar-refractivity contribution >= 4 is 23.4 Å². The summed E-state index contributed by atoms with van der Waals surface area (Å²) in [5, 5.41) is 6.81. The van der Waals surface area contributed by atoms with Crippen molar-refractivity contribution < 1.29 is 32.0 Å². The summed E-state index contributed by atoms with van der Waals surface area (Å²) in [5.74, 6) is -7.08. The number of carbonyl (C=O) groups is 3. The van der Waals surface area contributed by atoms with E-state index in [1.54, 1.807) is 13.8 Å². The van der Waals surface area contributed by atoms with Crippen molar-refractivity contribution in [2.24, 2.45) is 5.92 Å². The van der Waals surface area contributed by atoms with Gasteiger partial charge in [0.2, 0.25) is 11.8 Å². The zero-order valence-corrected chi connectivity index (χ0v) is 15.0. The molecule has 1 unspecified atom stereocenters. The van der Waals surface area contributed by atoms with Gasteiger partial charge in [0.15, 0.2) is 23.2 Å². The van der Waals surface area contributed by atoms with Gasteiger partial charge in [-0.3, -0.25) is 14.4 Å². The first-order chi connectivity index (χ1) is 13.2. The van der Waals surface area contributed by atoms with Gasteiger partial charge in [-0.25, -0.2) is 13.2 Å². The van der Waals surface area contributed by atoms with Gasteiger partial charge in [-0.15, -0.1) is 0 Å². The predicted octanol–water partition coefficient (Wildman–Crippen LogP) is 2.21. The molecule has 1 heterocycles. The van der Waals surface area contributed by atoms with Crippen LogP contribution in [0.15, 0.2) is 34.9 Å². The minimum absolute atomic E-state index is 0.0185. The van der Waals surface area contributed by atoms with E-state index in [0.717, 1.165) is 6.07 Å². The van der Waals surface area contributed by atoms with Crippen LogP contribution in [0.5, 0.6) is 0 Å². The lowest BCUT2D eigenvalue weighted by molar-refractivity contribution is -0.126. The highest BCUT2D eigenvalue weighted by Crippen LogP contribution is 2.19. The lowest BCUT2D eigenvalue weighted by atomic mass is 10.0. The molecule has 0 spiro atoms. The van der Waals surface area contributed by atoms with E-state index in [4.69, 9.17) is 4.42 Å². The van der Waals surface area contributed by atoms with Gasteiger partial charge in [0, 0.05) is 0 Å². The van der Waals surface area contributed by atoms with Crippen molar-refractivity contribution in [1.29, 1.82) is 0 Å². The van der Waals surface area contributed by atoms with Crippen molar-refractivity contribution in [2.45, 2.75) is 19.9 Å². The molecule has 0 aliphatic rings. The molecule has 3 amide bonds. The van der Waals surface area contributed by atoms with Crippen molar-refractivity contribution in [3.05, 3.63) is 53.7 Å². The van der Waals surface area contributed by atoms with E-state index in [0.29, 0.717) is 6.07 Å². The smallest absolute Gasteiger partial charge is 0.287 e. The van der Waals surface area contributed by atoms with E-state index >= 15 is 0 Å². The van der Waals surface area contributed by atoms with Crippen molar-refractivity contribution in [3.63, 3.8) is 0 Å². The Morgan fingerprint density at radius 1 is 1.07 bits per heavy atom. The van der Waals surface area contributed by atoms with Gasteiger partial charge in [0.1, 0.15) is 6.04 Å². The van der Waals surface area contributed by atoms with Crippen LogP contribution in [0.2, 0.25) is 0 Å². The second kappa shape index (κ2) is 9.07. The summed E-state index contributed by atoms with van der Waals surface area (Å²) in [4.78, 5) is 36.2. The molecule has 1 aromatic carbocycles. The summed E-state index contributed by atoms with van der Waals surface area (Å²) in [6.45, 7) is 2.80. The molecule has 1 aromatic heterocycles. The van der Waals surface area contributed by atoms with Crippen molar-refractivity contribution in [2.75, 3.05) is 11.9 Å². The van der Waals surface area contributed by atoms with Gasteiger partial charge in [0.05, 0.1) is 18.5 Å². The number of halogens is 3. The van der Waals surface area contributed by atoms with E-state index in [1.807, 2.05) is 5.32 Å². The summed E-state index contributed by atoms with van der Waals surface area (Å²) in [7, 11) is 0. The monoisotopic (exact) mass is 397 g/mol. The lowest BCUT2D eigenvalue weighted by Gasteiger charge is -2.21. The first-order valence-electron chi connectivity index (χ1n) is 8.26. The molecule has 150 valence electrons. The van der Waals surface area contributed by atoms with E-state index in [2.05, 4.69) is 10.6 Å². The van der Waals surface area contributed by atoms with Crippen LogP contribution in [-0.4, -0.2) is 30.3 Å². The Bertz CT molecular complexity index is 869. The molecule has 3 N–H and O–H groups in total. The lowest BCUT2D eigenvalue weighted by Crippen LogP contribution is -2.51. The van der Waals surface area contributed by atoms with Crippen LogP contribution < -0.4 is 16.0 Å². The van der Waals surface area contributed by atoms with Crippen LogP contribution in [0.4, 0.5) is 18.9 Å². The minimum Gasteiger partial charge on any atom is -0.459 e. The van der Waals surface area contributed by atoms with Crippen LogP contribution in [-0.2, 0) is 9.59 Å².